The molecule has 0 bridgehead atoms. The van der Waals surface area contributed by atoms with E-state index in [1.54, 1.807) is 16.3 Å². The zero-order valence-electron chi connectivity index (χ0n) is 16.7. The van der Waals surface area contributed by atoms with E-state index in [9.17, 15) is 14.5 Å². The van der Waals surface area contributed by atoms with E-state index in [0.29, 0.717) is 55.4 Å². The molecular weight excluding hydrogens is 452 g/mol. The summed E-state index contributed by atoms with van der Waals surface area (Å²) in [5.41, 5.74) is 0.757. The number of aryl methyl sites for hydroxylation is 1. The number of alkyl halides is 1. The van der Waals surface area contributed by atoms with E-state index < -0.39 is 11.1 Å². The van der Waals surface area contributed by atoms with E-state index in [1.807, 2.05) is 0 Å². The topological polar surface area (TPSA) is 114 Å². The lowest BCUT2D eigenvalue weighted by Crippen LogP contribution is -2.20. The molecular formula is C18H20Cl2FN7O3. The van der Waals surface area contributed by atoms with Crippen LogP contribution >= 0.6 is 23.2 Å². The van der Waals surface area contributed by atoms with Gasteiger partial charge in [-0.1, -0.05) is 11.6 Å². The SMILES string of the molecule is Cc1c([N+](=O)[O-])c(OCCCn2nc(Cl)c3cnc(Cl)nc32)nn1[C@H]1CC[C@H](F)CC1. The second-order valence-electron chi connectivity index (χ2n) is 7.44. The molecule has 3 heterocycles. The molecule has 31 heavy (non-hydrogen) atoms. The van der Waals surface area contributed by atoms with Crippen LogP contribution in [0.5, 0.6) is 5.88 Å². The Morgan fingerprint density at radius 3 is 2.74 bits per heavy atom. The maximum absolute atomic E-state index is 13.5. The third kappa shape index (κ3) is 4.42. The van der Waals surface area contributed by atoms with Crippen LogP contribution in [-0.2, 0) is 6.54 Å². The van der Waals surface area contributed by atoms with Gasteiger partial charge in [0.15, 0.2) is 10.8 Å². The quantitative estimate of drug-likeness (QED) is 0.216. The largest absolute Gasteiger partial charge is 0.472 e. The second kappa shape index (κ2) is 8.91. The molecule has 10 nitrogen and oxygen atoms in total. The molecule has 166 valence electrons. The van der Waals surface area contributed by atoms with Crippen LogP contribution in [-0.4, -0.2) is 47.2 Å². The fourth-order valence-corrected chi connectivity index (χ4v) is 4.22. The molecule has 0 N–H and O–H groups in total. The van der Waals surface area contributed by atoms with Gasteiger partial charge in [0, 0.05) is 19.2 Å². The van der Waals surface area contributed by atoms with Gasteiger partial charge in [0.25, 0.3) is 0 Å². The first-order valence-electron chi connectivity index (χ1n) is 9.90. The number of rotatable bonds is 7. The van der Waals surface area contributed by atoms with Crippen molar-refractivity contribution in [1.82, 2.24) is 29.5 Å². The number of hydrogen-bond acceptors (Lipinski definition) is 7. The van der Waals surface area contributed by atoms with Crippen molar-refractivity contribution in [2.45, 2.75) is 57.8 Å². The lowest BCUT2D eigenvalue weighted by atomic mass is 9.94. The number of nitrogens with zero attached hydrogens (tertiary/aromatic N) is 7. The number of halogens is 3. The minimum absolute atomic E-state index is 0.0291. The first kappa shape index (κ1) is 21.7. The fourth-order valence-electron chi connectivity index (χ4n) is 3.87. The summed E-state index contributed by atoms with van der Waals surface area (Å²) in [5.74, 6) is -0.0291. The van der Waals surface area contributed by atoms with Crippen molar-refractivity contribution < 1.29 is 14.1 Å². The van der Waals surface area contributed by atoms with Gasteiger partial charge in [0.05, 0.1) is 23.0 Å². The minimum atomic E-state index is -0.815. The van der Waals surface area contributed by atoms with E-state index >= 15 is 0 Å². The van der Waals surface area contributed by atoms with Crippen molar-refractivity contribution in [2.24, 2.45) is 0 Å². The Hall–Kier alpha value is -2.53. The molecule has 3 aromatic rings. The summed E-state index contributed by atoms with van der Waals surface area (Å²) < 4.78 is 22.3. The van der Waals surface area contributed by atoms with Gasteiger partial charge in [-0.3, -0.25) is 14.8 Å². The zero-order valence-corrected chi connectivity index (χ0v) is 18.2. The second-order valence-corrected chi connectivity index (χ2v) is 8.14. The molecule has 13 heteroatoms. The van der Waals surface area contributed by atoms with E-state index in [0.717, 1.165) is 0 Å². The van der Waals surface area contributed by atoms with Gasteiger partial charge in [0.2, 0.25) is 5.28 Å². The van der Waals surface area contributed by atoms with Crippen LogP contribution in [0.15, 0.2) is 6.20 Å². The van der Waals surface area contributed by atoms with Gasteiger partial charge in [-0.25, -0.2) is 14.1 Å². The third-order valence-corrected chi connectivity index (χ3v) is 5.87. The molecule has 0 radical (unpaired) electrons. The molecule has 1 saturated carbocycles. The molecule has 0 saturated heterocycles. The van der Waals surface area contributed by atoms with E-state index in [-0.39, 0.29) is 34.7 Å². The van der Waals surface area contributed by atoms with Gasteiger partial charge in [-0.15, -0.1) is 5.10 Å². The van der Waals surface area contributed by atoms with Crippen LogP contribution in [0.25, 0.3) is 11.0 Å². The number of nitro groups is 1. The molecule has 3 aromatic heterocycles. The van der Waals surface area contributed by atoms with Gasteiger partial charge in [0.1, 0.15) is 11.9 Å². The maximum Gasteiger partial charge on any atom is 0.352 e. The normalized spacial score (nSPS) is 19.1. The minimum Gasteiger partial charge on any atom is -0.472 e. The van der Waals surface area contributed by atoms with Crippen molar-refractivity contribution >= 4 is 39.9 Å². The highest BCUT2D eigenvalue weighted by Gasteiger charge is 2.31. The van der Waals surface area contributed by atoms with Crippen molar-refractivity contribution in [3.63, 3.8) is 0 Å². The predicted molar refractivity (Wildman–Crippen MR) is 111 cm³/mol. The standard InChI is InChI=1S/C18H20Cl2FN7O3/c1-10-14(28(29)30)17(25-27(10)12-5-3-11(21)4-6-12)31-8-2-7-26-16-13(15(19)24-26)9-22-18(20)23-16/h9,11-12H,2-8H2,1H3/t11-,12-. The Balaban J connectivity index is 1.44. The van der Waals surface area contributed by atoms with Crippen LogP contribution < -0.4 is 4.74 Å². The van der Waals surface area contributed by atoms with Gasteiger partial charge in [-0.05, 0) is 44.2 Å². The van der Waals surface area contributed by atoms with Crippen molar-refractivity contribution in [3.8, 4) is 5.88 Å². The van der Waals surface area contributed by atoms with Crippen LogP contribution in [0.4, 0.5) is 10.1 Å². The molecule has 0 aromatic carbocycles. The highest BCUT2D eigenvalue weighted by molar-refractivity contribution is 6.34. The molecule has 0 spiro atoms. The number of ether oxygens (including phenoxy) is 1. The van der Waals surface area contributed by atoms with Crippen molar-refractivity contribution in [3.05, 3.63) is 32.4 Å². The summed E-state index contributed by atoms with van der Waals surface area (Å²) in [7, 11) is 0. The Labute approximate surface area is 186 Å². The Morgan fingerprint density at radius 2 is 2.03 bits per heavy atom. The number of aromatic nitrogens is 6. The molecule has 1 fully saturated rings. The summed E-state index contributed by atoms with van der Waals surface area (Å²) in [6, 6.07) is -0.0648. The van der Waals surface area contributed by atoms with E-state index in [1.165, 1.54) is 6.20 Å². The Kier molecular flexibility index (Phi) is 6.24. The molecule has 0 amide bonds. The number of hydrogen-bond donors (Lipinski definition) is 0. The van der Waals surface area contributed by atoms with Crippen LogP contribution in [0.1, 0.15) is 43.8 Å². The van der Waals surface area contributed by atoms with Crippen molar-refractivity contribution in [2.75, 3.05) is 6.61 Å². The first-order valence-corrected chi connectivity index (χ1v) is 10.7. The summed E-state index contributed by atoms with van der Waals surface area (Å²) in [6.45, 7) is 2.22. The van der Waals surface area contributed by atoms with Crippen LogP contribution in [0, 0.1) is 17.0 Å². The molecule has 4 rings (SSSR count). The molecule has 0 aliphatic heterocycles. The van der Waals surface area contributed by atoms with Crippen LogP contribution in [0.3, 0.4) is 0 Å². The van der Waals surface area contributed by atoms with Gasteiger partial charge >= 0.3 is 11.6 Å². The Bertz CT molecular complexity index is 1110. The third-order valence-electron chi connectivity index (χ3n) is 5.41. The summed E-state index contributed by atoms with van der Waals surface area (Å²) >= 11 is 12.0. The molecule has 1 aliphatic rings. The number of fused-ring (bicyclic) bond motifs is 1. The van der Waals surface area contributed by atoms with Crippen molar-refractivity contribution in [1.29, 1.82) is 0 Å². The summed E-state index contributed by atoms with van der Waals surface area (Å²) in [4.78, 5) is 19.1. The summed E-state index contributed by atoms with van der Waals surface area (Å²) in [5, 5.41) is 21.1. The highest BCUT2D eigenvalue weighted by atomic mass is 35.5. The predicted octanol–water partition coefficient (Wildman–Crippen LogP) is 4.47. The molecule has 0 atom stereocenters. The van der Waals surface area contributed by atoms with Gasteiger partial charge < -0.3 is 4.74 Å². The van der Waals surface area contributed by atoms with Gasteiger partial charge in [-0.2, -0.15) is 10.1 Å². The van der Waals surface area contributed by atoms with E-state index in [4.69, 9.17) is 27.9 Å². The fraction of sp³-hybridized carbons (Fsp3) is 0.556. The average molecular weight is 472 g/mol. The smallest absolute Gasteiger partial charge is 0.352 e. The van der Waals surface area contributed by atoms with E-state index in [2.05, 4.69) is 20.2 Å². The van der Waals surface area contributed by atoms with Crippen LogP contribution in [0.2, 0.25) is 10.4 Å². The summed E-state index contributed by atoms with van der Waals surface area (Å²) in [6.07, 6.45) is 3.22. The highest BCUT2D eigenvalue weighted by Crippen LogP contribution is 2.36. The lowest BCUT2D eigenvalue weighted by Gasteiger charge is -2.24. The lowest BCUT2D eigenvalue weighted by molar-refractivity contribution is -0.386. The zero-order chi connectivity index (χ0) is 22.1. The molecule has 0 unspecified atom stereocenters. The molecule has 1 aliphatic carbocycles. The maximum atomic E-state index is 13.5. The first-order chi connectivity index (χ1) is 14.8. The Morgan fingerprint density at radius 1 is 1.29 bits per heavy atom. The average Bonchev–Trinajstić information content (AvgIpc) is 3.22. The monoisotopic (exact) mass is 471 g/mol.